The van der Waals surface area contributed by atoms with Gasteiger partial charge in [-0.2, -0.15) is 0 Å². The van der Waals surface area contributed by atoms with Crippen LogP contribution in [0.1, 0.15) is 17.7 Å². The van der Waals surface area contributed by atoms with E-state index in [0.717, 1.165) is 11.4 Å². The molecule has 0 saturated heterocycles. The Labute approximate surface area is 106 Å². The third-order valence-corrected chi connectivity index (χ3v) is 2.74. The van der Waals surface area contributed by atoms with Crippen LogP contribution in [0.25, 0.3) is 0 Å². The maximum atomic E-state index is 8.74. The molecule has 2 N–H and O–H groups in total. The van der Waals surface area contributed by atoms with Crippen LogP contribution in [0, 0.1) is 6.92 Å². The fourth-order valence-corrected chi connectivity index (χ4v) is 1.72. The van der Waals surface area contributed by atoms with Crippen molar-refractivity contribution < 1.29 is 5.11 Å². The average molecular weight is 246 g/mol. The maximum Gasteiger partial charge on any atom is 0.102 e. The molecular formula is C13H18N4O. The van der Waals surface area contributed by atoms with Crippen molar-refractivity contribution in [2.75, 3.05) is 11.9 Å². The second-order valence-corrected chi connectivity index (χ2v) is 4.22. The predicted molar refractivity (Wildman–Crippen MR) is 70.2 cm³/mol. The number of nitrogens with zero attached hydrogens (tertiary/aromatic N) is 3. The van der Waals surface area contributed by atoms with Crippen LogP contribution >= 0.6 is 0 Å². The summed E-state index contributed by atoms with van der Waals surface area (Å²) in [4.78, 5) is 0. The Morgan fingerprint density at radius 2 is 2.17 bits per heavy atom. The molecule has 1 aromatic carbocycles. The number of benzene rings is 1. The second-order valence-electron chi connectivity index (χ2n) is 4.22. The van der Waals surface area contributed by atoms with Gasteiger partial charge in [0.15, 0.2) is 0 Å². The lowest BCUT2D eigenvalue weighted by Crippen LogP contribution is -2.01. The number of aliphatic hydroxyl groups excluding tert-OH is 1. The summed E-state index contributed by atoms with van der Waals surface area (Å²) in [6, 6.07) is 8.14. The molecule has 0 fully saturated rings. The summed E-state index contributed by atoms with van der Waals surface area (Å²) in [5, 5.41) is 20.2. The Bertz CT molecular complexity index is 495. The number of hydrogen-bond donors (Lipinski definition) is 2. The molecule has 5 heteroatoms. The summed E-state index contributed by atoms with van der Waals surface area (Å²) in [6.45, 7) is 3.61. The van der Waals surface area contributed by atoms with Crippen LogP contribution in [0.5, 0.6) is 0 Å². The van der Waals surface area contributed by atoms with Crippen molar-refractivity contribution in [2.45, 2.75) is 26.4 Å². The van der Waals surface area contributed by atoms with Gasteiger partial charge in [-0.1, -0.05) is 23.4 Å². The molecule has 1 aromatic heterocycles. The molecule has 2 rings (SSSR count). The summed E-state index contributed by atoms with van der Waals surface area (Å²) in [5.74, 6) is 0. The van der Waals surface area contributed by atoms with Crippen LogP contribution in [0.2, 0.25) is 0 Å². The molecular weight excluding hydrogens is 228 g/mol. The molecule has 0 unspecified atom stereocenters. The molecule has 0 radical (unpaired) electrons. The third-order valence-electron chi connectivity index (χ3n) is 2.74. The van der Waals surface area contributed by atoms with Crippen molar-refractivity contribution in [1.29, 1.82) is 0 Å². The van der Waals surface area contributed by atoms with Gasteiger partial charge in [0.05, 0.1) is 12.7 Å². The molecule has 0 aliphatic rings. The number of rotatable bonds is 6. The van der Waals surface area contributed by atoms with Crippen molar-refractivity contribution >= 4 is 5.69 Å². The summed E-state index contributed by atoms with van der Waals surface area (Å²) < 4.78 is 1.76. The van der Waals surface area contributed by atoms with Crippen molar-refractivity contribution in [3.05, 3.63) is 41.7 Å². The van der Waals surface area contributed by atoms with Gasteiger partial charge in [0.2, 0.25) is 0 Å². The smallest absolute Gasteiger partial charge is 0.102 e. The van der Waals surface area contributed by atoms with Crippen molar-refractivity contribution in [3.8, 4) is 0 Å². The van der Waals surface area contributed by atoms with Crippen molar-refractivity contribution in [2.24, 2.45) is 0 Å². The molecule has 0 atom stereocenters. The van der Waals surface area contributed by atoms with Crippen LogP contribution in [0.3, 0.4) is 0 Å². The number of para-hydroxylation sites is 1. The van der Waals surface area contributed by atoms with Crippen LogP contribution in [0.15, 0.2) is 30.5 Å². The number of hydrogen-bond acceptors (Lipinski definition) is 4. The summed E-state index contributed by atoms with van der Waals surface area (Å²) in [7, 11) is 0. The van der Waals surface area contributed by atoms with E-state index >= 15 is 0 Å². The van der Waals surface area contributed by atoms with E-state index in [1.165, 1.54) is 5.56 Å². The minimum absolute atomic E-state index is 0.177. The first-order chi connectivity index (χ1) is 8.79. The van der Waals surface area contributed by atoms with E-state index in [0.29, 0.717) is 19.5 Å². The lowest BCUT2D eigenvalue weighted by Gasteiger charge is -2.06. The van der Waals surface area contributed by atoms with Gasteiger partial charge in [-0.25, -0.2) is 0 Å². The number of aryl methyl sites for hydroxylation is 2. The van der Waals surface area contributed by atoms with Gasteiger partial charge >= 0.3 is 0 Å². The predicted octanol–water partition coefficient (Wildman–Crippen LogP) is 1.58. The van der Waals surface area contributed by atoms with Gasteiger partial charge in [0.25, 0.3) is 0 Å². The fourth-order valence-electron chi connectivity index (χ4n) is 1.72. The zero-order chi connectivity index (χ0) is 12.8. The van der Waals surface area contributed by atoms with Crippen LogP contribution in [0.4, 0.5) is 5.69 Å². The van der Waals surface area contributed by atoms with E-state index in [4.69, 9.17) is 5.11 Å². The topological polar surface area (TPSA) is 63.0 Å². The van der Waals surface area contributed by atoms with Gasteiger partial charge in [-0.15, -0.1) is 5.10 Å². The highest BCUT2D eigenvalue weighted by atomic mass is 16.3. The number of aliphatic hydroxyl groups is 1. The molecule has 0 spiro atoms. The van der Waals surface area contributed by atoms with Gasteiger partial charge in [-0.05, 0) is 25.0 Å². The normalized spacial score (nSPS) is 10.6. The number of nitrogens with one attached hydrogen (secondary N) is 1. The first-order valence-electron chi connectivity index (χ1n) is 6.09. The molecule has 96 valence electrons. The van der Waals surface area contributed by atoms with E-state index in [1.807, 2.05) is 24.4 Å². The minimum Gasteiger partial charge on any atom is -0.396 e. The minimum atomic E-state index is 0.177. The molecule has 0 saturated carbocycles. The molecule has 0 amide bonds. The molecule has 0 aliphatic heterocycles. The summed E-state index contributed by atoms with van der Waals surface area (Å²) >= 11 is 0. The Morgan fingerprint density at radius 3 is 2.94 bits per heavy atom. The second kappa shape index (κ2) is 6.16. The van der Waals surface area contributed by atoms with E-state index in [9.17, 15) is 0 Å². The van der Waals surface area contributed by atoms with E-state index < -0.39 is 0 Å². The van der Waals surface area contributed by atoms with Crippen LogP contribution in [-0.2, 0) is 13.1 Å². The van der Waals surface area contributed by atoms with Crippen molar-refractivity contribution in [3.63, 3.8) is 0 Å². The van der Waals surface area contributed by atoms with Crippen molar-refractivity contribution in [1.82, 2.24) is 15.0 Å². The van der Waals surface area contributed by atoms with Gasteiger partial charge in [-0.3, -0.25) is 4.68 Å². The van der Waals surface area contributed by atoms with Gasteiger partial charge < -0.3 is 10.4 Å². The average Bonchev–Trinajstić information content (AvgIpc) is 2.83. The highest BCUT2D eigenvalue weighted by Gasteiger charge is 2.01. The monoisotopic (exact) mass is 246 g/mol. The highest BCUT2D eigenvalue weighted by molar-refractivity contribution is 5.50. The molecule has 2 aromatic rings. The molecule has 1 heterocycles. The lowest BCUT2D eigenvalue weighted by molar-refractivity contribution is 0.276. The number of anilines is 1. The maximum absolute atomic E-state index is 8.74. The Hall–Kier alpha value is -1.88. The molecule has 0 bridgehead atoms. The number of aromatic nitrogens is 3. The SMILES string of the molecule is Cc1ccccc1NCc1cn(CCCO)nn1. The standard InChI is InChI=1S/C13H18N4O/c1-11-5-2-3-6-13(11)14-9-12-10-17(16-15-12)7-4-8-18/h2-3,5-6,10,14,18H,4,7-9H2,1H3. The quantitative estimate of drug-likeness (QED) is 0.812. The van der Waals surface area contributed by atoms with Gasteiger partial charge in [0, 0.05) is 18.8 Å². The largest absolute Gasteiger partial charge is 0.396 e. The zero-order valence-corrected chi connectivity index (χ0v) is 10.5. The molecule has 0 aliphatic carbocycles. The molecule has 18 heavy (non-hydrogen) atoms. The van der Waals surface area contributed by atoms with E-state index in [-0.39, 0.29) is 6.61 Å². The van der Waals surface area contributed by atoms with E-state index in [2.05, 4.69) is 28.6 Å². The summed E-state index contributed by atoms with van der Waals surface area (Å²) in [6.07, 6.45) is 2.61. The van der Waals surface area contributed by atoms with E-state index in [1.54, 1.807) is 4.68 Å². The zero-order valence-electron chi connectivity index (χ0n) is 10.5. The highest BCUT2D eigenvalue weighted by Crippen LogP contribution is 2.13. The Balaban J connectivity index is 1.90. The Kier molecular flexibility index (Phi) is 4.30. The molecule has 5 nitrogen and oxygen atoms in total. The first kappa shape index (κ1) is 12.6. The van der Waals surface area contributed by atoms with Crippen LogP contribution < -0.4 is 5.32 Å². The van der Waals surface area contributed by atoms with Crippen LogP contribution in [-0.4, -0.2) is 26.7 Å². The fraction of sp³-hybridized carbons (Fsp3) is 0.385. The third kappa shape index (κ3) is 3.30. The lowest BCUT2D eigenvalue weighted by atomic mass is 10.2. The van der Waals surface area contributed by atoms with Gasteiger partial charge in [0.1, 0.15) is 5.69 Å². The summed E-state index contributed by atoms with van der Waals surface area (Å²) in [5.41, 5.74) is 3.23. The Morgan fingerprint density at radius 1 is 1.33 bits per heavy atom. The first-order valence-corrected chi connectivity index (χ1v) is 6.09.